The highest BCUT2D eigenvalue weighted by Gasteiger charge is 2.31. The zero-order valence-corrected chi connectivity index (χ0v) is 24.0. The molecule has 0 heterocycles. The van der Waals surface area contributed by atoms with Crippen LogP contribution in [0, 0.1) is 23.7 Å². The van der Waals surface area contributed by atoms with Gasteiger partial charge in [-0.1, -0.05) is 61.0 Å². The first kappa shape index (κ1) is 33.1. The lowest BCUT2D eigenvalue weighted by Crippen LogP contribution is -2.38. The van der Waals surface area contributed by atoms with Gasteiger partial charge < -0.3 is 25.1 Å². The smallest absolute Gasteiger partial charge is 0.321 e. The fourth-order valence-corrected chi connectivity index (χ4v) is 3.54. The van der Waals surface area contributed by atoms with Crippen LogP contribution in [-0.2, 0) is 23.9 Å². The van der Waals surface area contributed by atoms with Gasteiger partial charge in [0.15, 0.2) is 11.5 Å². The second kappa shape index (κ2) is 15.5. The summed E-state index contributed by atoms with van der Waals surface area (Å²) < 4.78 is 16.7. The van der Waals surface area contributed by atoms with Crippen LogP contribution in [-0.4, -0.2) is 41.1 Å². The second-order valence-electron chi connectivity index (χ2n) is 10.7. The molecule has 0 bridgehead atoms. The topological polar surface area (TPSA) is 142 Å². The first-order valence-corrected chi connectivity index (χ1v) is 13.4. The van der Waals surface area contributed by atoms with Crippen molar-refractivity contribution in [2.24, 2.45) is 29.4 Å². The number of aliphatic carboxylic acids is 1. The van der Waals surface area contributed by atoms with Crippen LogP contribution in [0.1, 0.15) is 92.6 Å². The minimum atomic E-state index is -1.32. The average molecular weight is 536 g/mol. The van der Waals surface area contributed by atoms with E-state index in [1.165, 1.54) is 12.1 Å². The first-order valence-electron chi connectivity index (χ1n) is 13.4. The normalized spacial score (nSPS) is 15.3. The molecule has 0 amide bonds. The molecule has 0 saturated heterocycles. The van der Waals surface area contributed by atoms with E-state index in [4.69, 9.17) is 19.9 Å². The fourth-order valence-electron chi connectivity index (χ4n) is 3.54. The van der Waals surface area contributed by atoms with Gasteiger partial charge in [-0.25, -0.2) is 0 Å². The monoisotopic (exact) mass is 535 g/mol. The second-order valence-corrected chi connectivity index (χ2v) is 10.7. The molecule has 4 unspecified atom stereocenters. The van der Waals surface area contributed by atoms with Crippen LogP contribution >= 0.6 is 0 Å². The number of esters is 3. The Morgan fingerprint density at radius 3 is 1.87 bits per heavy atom. The third-order valence-corrected chi connectivity index (χ3v) is 6.93. The molecule has 214 valence electrons. The Labute approximate surface area is 226 Å². The van der Waals surface area contributed by atoms with Gasteiger partial charge in [-0.05, 0) is 49.3 Å². The molecule has 0 aliphatic carbocycles. The Morgan fingerprint density at radius 1 is 0.868 bits per heavy atom. The van der Waals surface area contributed by atoms with Crippen molar-refractivity contribution in [3.8, 4) is 11.5 Å². The van der Waals surface area contributed by atoms with E-state index in [2.05, 4.69) is 0 Å². The minimum absolute atomic E-state index is 0.000474. The third kappa shape index (κ3) is 10.1. The number of ether oxygens (including phenoxy) is 3. The Bertz CT molecular complexity index is 958. The van der Waals surface area contributed by atoms with E-state index < -0.39 is 47.8 Å². The van der Waals surface area contributed by atoms with Gasteiger partial charge in [0.05, 0.1) is 17.9 Å². The predicted molar refractivity (Wildman–Crippen MR) is 144 cm³/mol. The summed E-state index contributed by atoms with van der Waals surface area (Å²) in [5.41, 5.74) is 6.50. The van der Waals surface area contributed by atoms with Gasteiger partial charge in [0, 0.05) is 12.3 Å². The quantitative estimate of drug-likeness (QED) is 0.232. The molecular formula is C29H45NO8. The highest BCUT2D eigenvalue weighted by Crippen LogP contribution is 2.36. The van der Waals surface area contributed by atoms with Gasteiger partial charge in [0.2, 0.25) is 0 Å². The summed E-state index contributed by atoms with van der Waals surface area (Å²) in [4.78, 5) is 49.4. The summed E-state index contributed by atoms with van der Waals surface area (Å²) in [5.74, 6) is -4.09. The van der Waals surface area contributed by atoms with E-state index in [1.807, 2.05) is 34.6 Å². The van der Waals surface area contributed by atoms with Gasteiger partial charge in [-0.15, -0.1) is 0 Å². The summed E-state index contributed by atoms with van der Waals surface area (Å²) in [5, 5.41) is 9.67. The number of hydrogen-bond donors (Lipinski definition) is 2. The molecule has 0 aliphatic heterocycles. The zero-order chi connectivity index (χ0) is 29.2. The number of carbonyl (C=O) groups excluding carboxylic acids is 3. The van der Waals surface area contributed by atoms with E-state index in [0.717, 1.165) is 6.42 Å². The average Bonchev–Trinajstić information content (AvgIpc) is 2.85. The van der Waals surface area contributed by atoms with Crippen LogP contribution in [0.2, 0.25) is 0 Å². The number of rotatable bonds is 15. The molecule has 5 atom stereocenters. The van der Waals surface area contributed by atoms with Gasteiger partial charge in [0.1, 0.15) is 6.04 Å². The number of hydrogen-bond acceptors (Lipinski definition) is 8. The largest absolute Gasteiger partial charge is 0.480 e. The number of benzene rings is 1. The molecular weight excluding hydrogens is 490 g/mol. The SMILES string of the molecule is CCCCC(=O)OC(C)CC(c1ccc(OC(=O)C(C)C(C)C)c(OC(=O)C(C)C(C)C)c1)[C@H](N)C(=O)O. The van der Waals surface area contributed by atoms with Gasteiger partial charge in [-0.2, -0.15) is 0 Å². The molecule has 9 nitrogen and oxygen atoms in total. The van der Waals surface area contributed by atoms with Crippen LogP contribution in [0.5, 0.6) is 11.5 Å². The lowest BCUT2D eigenvalue weighted by molar-refractivity contribution is -0.149. The minimum Gasteiger partial charge on any atom is -0.480 e. The fraction of sp³-hybridized carbons (Fsp3) is 0.655. The van der Waals surface area contributed by atoms with Crippen molar-refractivity contribution in [3.63, 3.8) is 0 Å². The lowest BCUT2D eigenvalue weighted by Gasteiger charge is -2.26. The molecule has 1 aromatic rings. The molecule has 1 aromatic carbocycles. The summed E-state index contributed by atoms with van der Waals surface area (Å²) in [6.45, 7) is 14.7. The standard InChI is InChI=1S/C29H45NO8/c1-9-10-11-25(31)36-18(6)14-22(26(30)27(32)33)21-12-13-23(37-28(34)19(7)16(2)3)24(15-21)38-29(35)20(8)17(4)5/h12-13,15-20,22,26H,9-11,14,30H2,1-8H3,(H,32,33)/t18?,19?,20?,22?,26-/m0/s1. The van der Waals surface area contributed by atoms with E-state index >= 15 is 0 Å². The number of carbonyl (C=O) groups is 4. The third-order valence-electron chi connectivity index (χ3n) is 6.93. The molecule has 3 N–H and O–H groups in total. The maximum atomic E-state index is 12.8. The number of unbranched alkanes of at least 4 members (excludes halogenated alkanes) is 1. The Hall–Kier alpha value is -2.94. The van der Waals surface area contributed by atoms with Gasteiger partial charge in [-0.3, -0.25) is 19.2 Å². The van der Waals surface area contributed by atoms with Crippen LogP contribution < -0.4 is 15.2 Å². The van der Waals surface area contributed by atoms with Crippen molar-refractivity contribution in [1.29, 1.82) is 0 Å². The van der Waals surface area contributed by atoms with E-state index in [1.54, 1.807) is 26.8 Å². The van der Waals surface area contributed by atoms with Crippen LogP contribution in [0.4, 0.5) is 0 Å². The Balaban J connectivity index is 3.41. The number of carboxylic acid groups (broad SMARTS) is 1. The van der Waals surface area contributed by atoms with E-state index in [9.17, 15) is 24.3 Å². The summed E-state index contributed by atoms with van der Waals surface area (Å²) in [7, 11) is 0. The molecule has 0 saturated carbocycles. The van der Waals surface area contributed by atoms with Crippen LogP contribution in [0.25, 0.3) is 0 Å². The van der Waals surface area contributed by atoms with Crippen LogP contribution in [0.3, 0.4) is 0 Å². The highest BCUT2D eigenvalue weighted by atomic mass is 16.6. The van der Waals surface area contributed by atoms with Crippen molar-refractivity contribution < 1.29 is 38.5 Å². The zero-order valence-electron chi connectivity index (χ0n) is 24.0. The molecule has 0 aliphatic rings. The highest BCUT2D eigenvalue weighted by molar-refractivity contribution is 5.79. The van der Waals surface area contributed by atoms with Crippen molar-refractivity contribution in [2.75, 3.05) is 0 Å². The number of nitrogens with two attached hydrogens (primary N) is 1. The van der Waals surface area contributed by atoms with Crippen molar-refractivity contribution in [1.82, 2.24) is 0 Å². The van der Waals surface area contributed by atoms with Gasteiger partial charge in [0.25, 0.3) is 0 Å². The first-order chi connectivity index (χ1) is 17.7. The maximum absolute atomic E-state index is 12.8. The molecule has 1 rings (SSSR count). The van der Waals surface area contributed by atoms with Crippen LogP contribution in [0.15, 0.2) is 18.2 Å². The van der Waals surface area contributed by atoms with Crippen molar-refractivity contribution >= 4 is 23.9 Å². The Kier molecular flexibility index (Phi) is 13.5. The molecule has 38 heavy (non-hydrogen) atoms. The summed E-state index contributed by atoms with van der Waals surface area (Å²) in [6.07, 6.45) is 1.35. The predicted octanol–water partition coefficient (Wildman–Crippen LogP) is 5.09. The maximum Gasteiger partial charge on any atom is 0.321 e. The lowest BCUT2D eigenvalue weighted by atomic mass is 9.87. The van der Waals surface area contributed by atoms with Crippen molar-refractivity contribution in [3.05, 3.63) is 23.8 Å². The molecule has 0 radical (unpaired) electrons. The van der Waals surface area contributed by atoms with E-state index in [0.29, 0.717) is 12.0 Å². The van der Waals surface area contributed by atoms with Crippen molar-refractivity contribution in [2.45, 2.75) is 99.1 Å². The molecule has 0 fully saturated rings. The summed E-state index contributed by atoms with van der Waals surface area (Å²) >= 11 is 0. The molecule has 9 heteroatoms. The molecule has 0 spiro atoms. The Morgan fingerprint density at radius 2 is 1.39 bits per heavy atom. The molecule has 0 aromatic heterocycles. The summed E-state index contributed by atoms with van der Waals surface area (Å²) in [6, 6.07) is 3.22. The van der Waals surface area contributed by atoms with E-state index in [-0.39, 0.29) is 42.1 Å². The number of carboxylic acids is 1. The van der Waals surface area contributed by atoms with Gasteiger partial charge >= 0.3 is 23.9 Å².